The van der Waals surface area contributed by atoms with Crippen LogP contribution in [-0.2, 0) is 16.6 Å². The highest BCUT2D eigenvalue weighted by Crippen LogP contribution is 2.29. The largest absolute Gasteiger partial charge is 0.448 e. The fraction of sp³-hybridized carbons (Fsp3) is 0.200. The Bertz CT molecular complexity index is 1130. The summed E-state index contributed by atoms with van der Waals surface area (Å²) < 4.78 is 32.6. The molecule has 0 aliphatic rings. The highest BCUT2D eigenvalue weighted by molar-refractivity contribution is 7.92. The lowest BCUT2D eigenvalue weighted by molar-refractivity contribution is 0.165. The molecule has 2 heterocycles. The zero-order valence-electron chi connectivity index (χ0n) is 14.8. The summed E-state index contributed by atoms with van der Waals surface area (Å²) in [6, 6.07) is 19.2. The van der Waals surface area contributed by atoms with Crippen LogP contribution in [0.1, 0.15) is 0 Å². The van der Waals surface area contributed by atoms with Crippen LogP contribution >= 0.6 is 0 Å². The molecule has 1 atom stereocenters. The second kappa shape index (κ2) is 6.75. The molecule has 0 bridgehead atoms. The molecule has 4 rings (SSSR count). The maximum Gasteiger partial charge on any atom is 0.234 e. The zero-order chi connectivity index (χ0) is 19.0. The number of rotatable bonds is 6. The summed E-state index contributed by atoms with van der Waals surface area (Å²) in [5, 5.41) is 12.9. The predicted molar refractivity (Wildman–Crippen MR) is 106 cm³/mol. The lowest BCUT2D eigenvalue weighted by Crippen LogP contribution is -2.38. The van der Waals surface area contributed by atoms with Gasteiger partial charge in [0.1, 0.15) is 0 Å². The van der Waals surface area contributed by atoms with Gasteiger partial charge in [-0.25, -0.2) is 12.7 Å². The van der Waals surface area contributed by atoms with Gasteiger partial charge in [0.25, 0.3) is 0 Å². The molecule has 0 aliphatic carbocycles. The van der Waals surface area contributed by atoms with Crippen LogP contribution in [0, 0.1) is 0 Å². The number of benzene rings is 2. The summed E-state index contributed by atoms with van der Waals surface area (Å²) in [5.41, 5.74) is 2.00. The molecule has 6 nitrogen and oxygen atoms in total. The zero-order valence-corrected chi connectivity index (χ0v) is 15.6. The average molecular weight is 384 g/mol. The van der Waals surface area contributed by atoms with Crippen LogP contribution in [0.3, 0.4) is 0 Å². The van der Waals surface area contributed by atoms with Gasteiger partial charge >= 0.3 is 0 Å². The number of hydrogen-bond donors (Lipinski definition) is 1. The van der Waals surface area contributed by atoms with Crippen LogP contribution in [0.4, 0.5) is 5.88 Å². The summed E-state index contributed by atoms with van der Waals surface area (Å²) in [6.07, 6.45) is 1.60. The van der Waals surface area contributed by atoms with Crippen LogP contribution in [0.15, 0.2) is 71.3 Å². The highest BCUT2D eigenvalue weighted by atomic mass is 32.2. The van der Waals surface area contributed by atoms with E-state index in [0.29, 0.717) is 0 Å². The van der Waals surface area contributed by atoms with Crippen molar-refractivity contribution in [3.05, 3.63) is 66.9 Å². The Hall–Kier alpha value is -2.77. The molecule has 0 aliphatic heterocycles. The van der Waals surface area contributed by atoms with Crippen LogP contribution in [0.5, 0.6) is 0 Å². The topological polar surface area (TPSA) is 75.7 Å². The van der Waals surface area contributed by atoms with Gasteiger partial charge in [-0.15, -0.1) is 0 Å². The number of furan rings is 1. The van der Waals surface area contributed by atoms with E-state index >= 15 is 0 Å². The van der Waals surface area contributed by atoms with Crippen molar-refractivity contribution >= 4 is 37.7 Å². The molecule has 0 radical (unpaired) electrons. The Balaban J connectivity index is 1.69. The van der Waals surface area contributed by atoms with Crippen LogP contribution in [0.25, 0.3) is 21.8 Å². The lowest BCUT2D eigenvalue weighted by atomic mass is 10.2. The molecular formula is C20H20N2O4S. The lowest BCUT2D eigenvalue weighted by Gasteiger charge is -2.23. The molecule has 0 spiro atoms. The number of aliphatic hydroxyl groups excluding tert-OH is 1. The van der Waals surface area contributed by atoms with Crippen molar-refractivity contribution in [1.82, 2.24) is 4.57 Å². The number of fused-ring (bicyclic) bond motifs is 3. The van der Waals surface area contributed by atoms with E-state index in [0.717, 1.165) is 32.4 Å². The number of sulfonamides is 1. The van der Waals surface area contributed by atoms with Gasteiger partial charge in [-0.05, 0) is 18.2 Å². The quantitative estimate of drug-likeness (QED) is 0.554. The number of nitrogens with zero attached hydrogens (tertiary/aromatic N) is 2. The van der Waals surface area contributed by atoms with Gasteiger partial charge in [0.05, 0.1) is 31.7 Å². The summed E-state index contributed by atoms with van der Waals surface area (Å²) in [5.74, 6) is 0.193. The summed E-state index contributed by atoms with van der Waals surface area (Å²) in [4.78, 5) is 0. The third kappa shape index (κ3) is 3.31. The van der Waals surface area contributed by atoms with Crippen molar-refractivity contribution in [3.8, 4) is 0 Å². The van der Waals surface area contributed by atoms with Gasteiger partial charge in [-0.3, -0.25) is 0 Å². The van der Waals surface area contributed by atoms with E-state index in [1.807, 2.05) is 53.1 Å². The molecule has 2 aromatic carbocycles. The average Bonchev–Trinajstić information content (AvgIpc) is 3.27. The van der Waals surface area contributed by atoms with E-state index < -0.39 is 16.1 Å². The third-order valence-corrected chi connectivity index (χ3v) is 5.73. The minimum atomic E-state index is -3.58. The second-order valence-corrected chi connectivity index (χ2v) is 8.45. The molecule has 0 saturated carbocycles. The molecule has 2 aromatic heterocycles. The summed E-state index contributed by atoms with van der Waals surface area (Å²) in [6.45, 7) is 0.175. The van der Waals surface area contributed by atoms with Gasteiger partial charge in [-0.2, -0.15) is 0 Å². The molecule has 0 amide bonds. The van der Waals surface area contributed by atoms with Gasteiger partial charge < -0.3 is 14.1 Å². The normalized spacial score (nSPS) is 13.3. The molecule has 1 N–H and O–H groups in total. The number of hydrogen-bond acceptors (Lipinski definition) is 4. The van der Waals surface area contributed by atoms with Gasteiger partial charge in [0, 0.05) is 27.9 Å². The van der Waals surface area contributed by atoms with E-state index in [2.05, 4.69) is 0 Å². The smallest absolute Gasteiger partial charge is 0.234 e. The summed E-state index contributed by atoms with van der Waals surface area (Å²) in [7, 11) is -3.58. The predicted octanol–water partition coefficient (Wildman–Crippen LogP) is 3.21. The van der Waals surface area contributed by atoms with Gasteiger partial charge in [0.15, 0.2) is 0 Å². The van der Waals surface area contributed by atoms with E-state index in [1.165, 1.54) is 6.26 Å². The molecule has 0 saturated heterocycles. The minimum absolute atomic E-state index is 0.0901. The maximum atomic E-state index is 12.1. The molecule has 4 aromatic rings. The Morgan fingerprint density at radius 1 is 1.00 bits per heavy atom. The molecule has 140 valence electrons. The fourth-order valence-corrected chi connectivity index (χ4v) is 4.33. The molecular weight excluding hydrogens is 364 g/mol. The first kappa shape index (κ1) is 17.6. The number of anilines is 1. The first-order chi connectivity index (χ1) is 12.9. The highest BCUT2D eigenvalue weighted by Gasteiger charge is 2.24. The first-order valence-electron chi connectivity index (χ1n) is 8.60. The van der Waals surface area contributed by atoms with Crippen LogP contribution in [0.2, 0.25) is 0 Å². The fourth-order valence-electron chi connectivity index (χ4n) is 3.46. The summed E-state index contributed by atoms with van der Waals surface area (Å²) >= 11 is 0. The maximum absolute atomic E-state index is 12.1. The van der Waals surface area contributed by atoms with E-state index in [1.54, 1.807) is 12.1 Å². The van der Waals surface area contributed by atoms with E-state index in [4.69, 9.17) is 4.42 Å². The van der Waals surface area contributed by atoms with E-state index in [-0.39, 0.29) is 19.0 Å². The van der Waals surface area contributed by atoms with Crippen molar-refractivity contribution in [2.75, 3.05) is 17.1 Å². The minimum Gasteiger partial charge on any atom is -0.448 e. The van der Waals surface area contributed by atoms with E-state index in [9.17, 15) is 13.5 Å². The van der Waals surface area contributed by atoms with Gasteiger partial charge in [0.2, 0.25) is 15.9 Å². The van der Waals surface area contributed by atoms with Crippen molar-refractivity contribution in [2.45, 2.75) is 12.6 Å². The SMILES string of the molecule is CS(=O)(=O)N(C[C@@H](O)Cn1c2ccccc2c2ccccc21)c1ccco1. The van der Waals surface area contributed by atoms with Crippen molar-refractivity contribution in [1.29, 1.82) is 0 Å². The van der Waals surface area contributed by atoms with Crippen molar-refractivity contribution in [2.24, 2.45) is 0 Å². The Morgan fingerprint density at radius 3 is 2.11 bits per heavy atom. The van der Waals surface area contributed by atoms with Crippen molar-refractivity contribution in [3.63, 3.8) is 0 Å². The molecule has 0 unspecified atom stereocenters. The standard InChI is InChI=1S/C20H20N2O4S/c1-27(24,25)22(20-11-6-12-26-20)14-15(23)13-21-18-9-4-2-7-16(18)17-8-3-5-10-19(17)21/h2-12,15,23H,13-14H2,1H3/t15-/m0/s1. The van der Waals surface area contributed by atoms with Gasteiger partial charge in [-0.1, -0.05) is 36.4 Å². The Labute approximate surface area is 157 Å². The Morgan fingerprint density at radius 2 is 1.59 bits per heavy atom. The van der Waals surface area contributed by atoms with Crippen molar-refractivity contribution < 1.29 is 17.9 Å². The third-order valence-electron chi connectivity index (χ3n) is 4.60. The number of para-hydroxylation sites is 2. The first-order valence-corrected chi connectivity index (χ1v) is 10.5. The molecule has 27 heavy (non-hydrogen) atoms. The molecule has 7 heteroatoms. The monoisotopic (exact) mass is 384 g/mol. The second-order valence-electron chi connectivity index (χ2n) is 6.54. The number of aromatic nitrogens is 1. The van der Waals surface area contributed by atoms with Crippen LogP contribution in [-0.4, -0.2) is 37.0 Å². The Kier molecular flexibility index (Phi) is 4.41. The number of aliphatic hydroxyl groups is 1. The molecule has 0 fully saturated rings. The van der Waals surface area contributed by atoms with Crippen LogP contribution < -0.4 is 4.31 Å².